The molecule has 0 aliphatic carbocycles. The van der Waals surface area contributed by atoms with Gasteiger partial charge in [-0.3, -0.25) is 4.79 Å². The first-order valence-electron chi connectivity index (χ1n) is 8.36. The minimum Gasteiger partial charge on any atom is -0.481 e. The van der Waals surface area contributed by atoms with E-state index < -0.39 is 5.97 Å². The van der Waals surface area contributed by atoms with Crippen molar-refractivity contribution in [1.82, 2.24) is 0 Å². The van der Waals surface area contributed by atoms with Crippen LogP contribution in [0.5, 0.6) is 0 Å². The third-order valence-electron chi connectivity index (χ3n) is 3.44. The normalized spacial score (nSPS) is 13.2. The molecule has 0 aromatic carbocycles. The molecule has 2 N–H and O–H groups in total. The Hall–Kier alpha value is -1.09. The average molecular weight is 296 g/mol. The van der Waals surface area contributed by atoms with E-state index in [2.05, 4.69) is 31.2 Å². The highest BCUT2D eigenvalue weighted by molar-refractivity contribution is 5.66. The predicted molar refractivity (Wildman–Crippen MR) is 88.4 cm³/mol. The third kappa shape index (κ3) is 16.9. The summed E-state index contributed by atoms with van der Waals surface area (Å²) in [4.78, 5) is 10.3. The number of unbranched alkanes of at least 4 members (excludes halogenated alkanes) is 4. The van der Waals surface area contributed by atoms with Crippen LogP contribution < -0.4 is 0 Å². The van der Waals surface area contributed by atoms with Gasteiger partial charge < -0.3 is 10.2 Å². The van der Waals surface area contributed by atoms with Crippen LogP contribution >= 0.6 is 0 Å². The van der Waals surface area contributed by atoms with Gasteiger partial charge in [0.2, 0.25) is 0 Å². The van der Waals surface area contributed by atoms with E-state index in [1.54, 1.807) is 0 Å². The van der Waals surface area contributed by atoms with Crippen LogP contribution in [0, 0.1) is 0 Å². The van der Waals surface area contributed by atoms with Gasteiger partial charge in [0.1, 0.15) is 0 Å². The number of allylic oxidation sites excluding steroid dienone is 4. The summed E-state index contributed by atoms with van der Waals surface area (Å²) in [6, 6.07) is 0. The lowest BCUT2D eigenvalue weighted by atomic mass is 10.0. The average Bonchev–Trinajstić information content (AvgIpc) is 2.45. The summed E-state index contributed by atoms with van der Waals surface area (Å²) < 4.78 is 0. The number of aliphatic hydroxyl groups is 1. The molecule has 1 unspecified atom stereocenters. The molecule has 0 heterocycles. The Labute approximate surface area is 129 Å². The van der Waals surface area contributed by atoms with Crippen LogP contribution in [0.15, 0.2) is 24.3 Å². The van der Waals surface area contributed by atoms with E-state index in [0.29, 0.717) is 0 Å². The molecule has 0 saturated carbocycles. The highest BCUT2D eigenvalue weighted by Gasteiger charge is 2.02. The SMILES string of the molecule is CCC=CCC=CCCC(O)CCCCCCCC(=O)O. The highest BCUT2D eigenvalue weighted by atomic mass is 16.4. The van der Waals surface area contributed by atoms with Crippen molar-refractivity contribution in [2.75, 3.05) is 0 Å². The molecule has 0 radical (unpaired) electrons. The number of aliphatic carboxylic acids is 1. The molecule has 0 fully saturated rings. The minimum atomic E-state index is -0.705. The second-order valence-electron chi connectivity index (χ2n) is 5.52. The molecule has 122 valence electrons. The maximum atomic E-state index is 10.3. The Morgan fingerprint density at radius 3 is 2.33 bits per heavy atom. The number of carboxylic acid groups (broad SMARTS) is 1. The molecule has 0 saturated heterocycles. The van der Waals surface area contributed by atoms with Crippen molar-refractivity contribution in [2.45, 2.75) is 83.7 Å². The van der Waals surface area contributed by atoms with Crippen LogP contribution in [-0.4, -0.2) is 22.3 Å². The summed E-state index contributed by atoms with van der Waals surface area (Å²) >= 11 is 0. The second-order valence-corrected chi connectivity index (χ2v) is 5.52. The standard InChI is InChI=1S/C18H32O3/c1-2-3-4-5-6-8-11-14-17(19)15-12-9-7-10-13-16-18(20)21/h3-4,6,8,17,19H,2,5,7,9-16H2,1H3,(H,20,21). The monoisotopic (exact) mass is 296 g/mol. The van der Waals surface area contributed by atoms with E-state index in [4.69, 9.17) is 5.11 Å². The topological polar surface area (TPSA) is 57.5 Å². The highest BCUT2D eigenvalue weighted by Crippen LogP contribution is 2.11. The molecule has 0 aliphatic heterocycles. The summed E-state index contributed by atoms with van der Waals surface area (Å²) in [5.41, 5.74) is 0. The number of aliphatic hydroxyl groups excluding tert-OH is 1. The van der Waals surface area contributed by atoms with Crippen LogP contribution in [0.25, 0.3) is 0 Å². The van der Waals surface area contributed by atoms with E-state index >= 15 is 0 Å². The Kier molecular flexibility index (Phi) is 14.5. The predicted octanol–water partition coefficient (Wildman–Crippen LogP) is 4.86. The fourth-order valence-corrected chi connectivity index (χ4v) is 2.18. The van der Waals surface area contributed by atoms with Gasteiger partial charge in [-0.2, -0.15) is 0 Å². The number of rotatable bonds is 14. The Balaban J connectivity index is 3.32. The summed E-state index contributed by atoms with van der Waals surface area (Å²) in [6.07, 6.45) is 18.4. The first-order valence-corrected chi connectivity index (χ1v) is 8.36. The molecule has 1 atom stereocenters. The molecule has 3 nitrogen and oxygen atoms in total. The quantitative estimate of drug-likeness (QED) is 0.355. The van der Waals surface area contributed by atoms with E-state index in [1.807, 2.05) is 0 Å². The Morgan fingerprint density at radius 2 is 1.62 bits per heavy atom. The maximum Gasteiger partial charge on any atom is 0.303 e. The van der Waals surface area contributed by atoms with Crippen molar-refractivity contribution in [2.24, 2.45) is 0 Å². The zero-order valence-electron chi connectivity index (χ0n) is 13.5. The lowest BCUT2D eigenvalue weighted by Gasteiger charge is -2.08. The van der Waals surface area contributed by atoms with E-state index in [-0.39, 0.29) is 12.5 Å². The van der Waals surface area contributed by atoms with Gasteiger partial charge in [0.25, 0.3) is 0 Å². The molecule has 3 heteroatoms. The van der Waals surface area contributed by atoms with E-state index in [1.165, 1.54) is 0 Å². The smallest absolute Gasteiger partial charge is 0.303 e. The number of hydrogen-bond acceptors (Lipinski definition) is 2. The summed E-state index contributed by atoms with van der Waals surface area (Å²) in [6.45, 7) is 2.13. The van der Waals surface area contributed by atoms with Gasteiger partial charge in [-0.1, -0.05) is 56.9 Å². The lowest BCUT2D eigenvalue weighted by molar-refractivity contribution is -0.137. The first-order chi connectivity index (χ1) is 10.2. The Morgan fingerprint density at radius 1 is 0.952 bits per heavy atom. The zero-order valence-corrected chi connectivity index (χ0v) is 13.5. The largest absolute Gasteiger partial charge is 0.481 e. The van der Waals surface area contributed by atoms with Gasteiger partial charge in [0, 0.05) is 6.42 Å². The van der Waals surface area contributed by atoms with Crippen LogP contribution in [-0.2, 0) is 4.79 Å². The zero-order chi connectivity index (χ0) is 15.8. The molecular formula is C18H32O3. The Bertz CT molecular complexity index is 295. The number of carboxylic acids is 1. The summed E-state index contributed by atoms with van der Waals surface area (Å²) in [7, 11) is 0. The fourth-order valence-electron chi connectivity index (χ4n) is 2.18. The van der Waals surface area contributed by atoms with Gasteiger partial charge in [0.15, 0.2) is 0 Å². The molecule has 0 bridgehead atoms. The summed E-state index contributed by atoms with van der Waals surface area (Å²) in [5.74, 6) is -0.705. The van der Waals surface area contributed by atoms with Crippen LogP contribution in [0.3, 0.4) is 0 Å². The first kappa shape index (κ1) is 19.9. The minimum absolute atomic E-state index is 0.195. The third-order valence-corrected chi connectivity index (χ3v) is 3.44. The van der Waals surface area contributed by atoms with Gasteiger partial charge in [-0.15, -0.1) is 0 Å². The van der Waals surface area contributed by atoms with Crippen molar-refractivity contribution < 1.29 is 15.0 Å². The van der Waals surface area contributed by atoms with E-state index in [0.717, 1.165) is 64.2 Å². The van der Waals surface area contributed by atoms with Crippen molar-refractivity contribution in [3.05, 3.63) is 24.3 Å². The molecule has 0 aromatic rings. The molecule has 0 spiro atoms. The molecule has 0 amide bonds. The van der Waals surface area contributed by atoms with Gasteiger partial charge in [0.05, 0.1) is 6.10 Å². The van der Waals surface area contributed by atoms with Crippen LogP contribution in [0.2, 0.25) is 0 Å². The van der Waals surface area contributed by atoms with Crippen LogP contribution in [0.4, 0.5) is 0 Å². The van der Waals surface area contributed by atoms with Gasteiger partial charge >= 0.3 is 5.97 Å². The maximum absolute atomic E-state index is 10.3. The van der Waals surface area contributed by atoms with Crippen molar-refractivity contribution in [3.8, 4) is 0 Å². The molecule has 0 aliphatic rings. The number of carbonyl (C=O) groups is 1. The fraction of sp³-hybridized carbons (Fsp3) is 0.722. The van der Waals surface area contributed by atoms with Gasteiger partial charge in [-0.25, -0.2) is 0 Å². The van der Waals surface area contributed by atoms with E-state index in [9.17, 15) is 9.90 Å². The van der Waals surface area contributed by atoms with Crippen molar-refractivity contribution in [3.63, 3.8) is 0 Å². The summed E-state index contributed by atoms with van der Waals surface area (Å²) in [5, 5.41) is 18.3. The molecular weight excluding hydrogens is 264 g/mol. The molecule has 21 heavy (non-hydrogen) atoms. The van der Waals surface area contributed by atoms with Crippen molar-refractivity contribution in [1.29, 1.82) is 0 Å². The van der Waals surface area contributed by atoms with Crippen molar-refractivity contribution >= 4 is 5.97 Å². The number of hydrogen-bond donors (Lipinski definition) is 2. The van der Waals surface area contributed by atoms with Crippen LogP contribution in [0.1, 0.15) is 77.6 Å². The lowest BCUT2D eigenvalue weighted by Crippen LogP contribution is -2.05. The molecule has 0 aromatic heterocycles. The molecule has 0 rings (SSSR count). The van der Waals surface area contributed by atoms with Gasteiger partial charge in [-0.05, 0) is 38.5 Å². The second kappa shape index (κ2) is 15.3.